The van der Waals surface area contributed by atoms with Gasteiger partial charge in [-0.1, -0.05) is 12.1 Å². The summed E-state index contributed by atoms with van der Waals surface area (Å²) in [6.45, 7) is 2.03. The van der Waals surface area contributed by atoms with Crippen LogP contribution in [-0.4, -0.2) is 14.6 Å². The Bertz CT molecular complexity index is 712. The highest BCUT2D eigenvalue weighted by molar-refractivity contribution is 5.90. The lowest BCUT2D eigenvalue weighted by atomic mass is 10.0. The minimum atomic E-state index is 0.477. The van der Waals surface area contributed by atoms with Crippen molar-refractivity contribution >= 4 is 17.0 Å². The van der Waals surface area contributed by atoms with Crippen molar-refractivity contribution in [3.05, 3.63) is 42.4 Å². The van der Waals surface area contributed by atoms with Gasteiger partial charge in [-0.15, -0.1) is 0 Å². The molecule has 2 aromatic heterocycles. The predicted octanol–water partition coefficient (Wildman–Crippen LogP) is 1.87. The van der Waals surface area contributed by atoms with Crippen LogP contribution in [0.5, 0.6) is 0 Å². The summed E-state index contributed by atoms with van der Waals surface area (Å²) in [5.74, 6) is 0.477. The second-order valence-corrected chi connectivity index (χ2v) is 4.25. The van der Waals surface area contributed by atoms with Gasteiger partial charge in [-0.25, -0.2) is 9.50 Å². The fourth-order valence-corrected chi connectivity index (χ4v) is 2.17. The molecule has 0 aliphatic heterocycles. The number of hydrogen-bond donors (Lipinski definition) is 2. The summed E-state index contributed by atoms with van der Waals surface area (Å²) in [6.07, 6.45) is 3.40. The molecule has 0 atom stereocenters. The third kappa shape index (κ3) is 1.48. The third-order valence-corrected chi connectivity index (χ3v) is 2.99. The van der Waals surface area contributed by atoms with Gasteiger partial charge in [-0.3, -0.25) is 0 Å². The number of benzene rings is 1. The Labute approximate surface area is 104 Å². The molecular weight excluding hydrogens is 226 g/mol. The molecule has 0 radical (unpaired) electrons. The van der Waals surface area contributed by atoms with Gasteiger partial charge in [-0.05, 0) is 30.2 Å². The van der Waals surface area contributed by atoms with Crippen molar-refractivity contribution in [2.24, 2.45) is 0 Å². The molecule has 0 bridgehead atoms. The highest BCUT2D eigenvalue weighted by Crippen LogP contribution is 2.31. The van der Waals surface area contributed by atoms with E-state index in [-0.39, 0.29) is 0 Å². The van der Waals surface area contributed by atoms with E-state index in [2.05, 4.69) is 10.1 Å². The zero-order valence-corrected chi connectivity index (χ0v) is 9.96. The van der Waals surface area contributed by atoms with Crippen molar-refractivity contribution < 1.29 is 0 Å². The number of fused-ring (bicyclic) bond motifs is 1. The molecule has 2 heterocycles. The van der Waals surface area contributed by atoms with Crippen LogP contribution in [0.4, 0.5) is 11.5 Å². The van der Waals surface area contributed by atoms with Gasteiger partial charge in [0, 0.05) is 17.4 Å². The second-order valence-electron chi connectivity index (χ2n) is 4.25. The van der Waals surface area contributed by atoms with Gasteiger partial charge < -0.3 is 11.5 Å². The molecule has 90 valence electrons. The van der Waals surface area contributed by atoms with Crippen LogP contribution in [0.25, 0.3) is 16.6 Å². The van der Waals surface area contributed by atoms with Gasteiger partial charge in [0.2, 0.25) is 0 Å². The smallest absolute Gasteiger partial charge is 0.151 e. The van der Waals surface area contributed by atoms with Crippen molar-refractivity contribution in [2.45, 2.75) is 6.92 Å². The van der Waals surface area contributed by atoms with E-state index in [1.54, 1.807) is 4.52 Å². The molecule has 0 aliphatic carbocycles. The summed E-state index contributed by atoms with van der Waals surface area (Å²) < 4.78 is 1.75. The van der Waals surface area contributed by atoms with Crippen LogP contribution < -0.4 is 11.5 Å². The number of rotatable bonds is 1. The molecular formula is C13H13N5. The number of aromatic nitrogens is 3. The van der Waals surface area contributed by atoms with Crippen LogP contribution in [0, 0.1) is 6.92 Å². The molecule has 4 N–H and O–H groups in total. The van der Waals surface area contributed by atoms with Crippen molar-refractivity contribution in [3.63, 3.8) is 0 Å². The van der Waals surface area contributed by atoms with E-state index in [4.69, 9.17) is 11.5 Å². The highest BCUT2D eigenvalue weighted by atomic mass is 15.2. The summed E-state index contributed by atoms with van der Waals surface area (Å²) in [7, 11) is 0. The van der Waals surface area contributed by atoms with E-state index < -0.39 is 0 Å². The van der Waals surface area contributed by atoms with Crippen molar-refractivity contribution in [2.75, 3.05) is 11.5 Å². The first-order chi connectivity index (χ1) is 8.66. The highest BCUT2D eigenvalue weighted by Gasteiger charge is 2.13. The lowest BCUT2D eigenvalue weighted by Crippen LogP contribution is -1.98. The van der Waals surface area contributed by atoms with Crippen LogP contribution in [0.2, 0.25) is 0 Å². The van der Waals surface area contributed by atoms with Crippen molar-refractivity contribution in [1.82, 2.24) is 14.6 Å². The van der Waals surface area contributed by atoms with E-state index in [0.29, 0.717) is 5.82 Å². The van der Waals surface area contributed by atoms with Crippen molar-refractivity contribution in [1.29, 1.82) is 0 Å². The van der Waals surface area contributed by atoms with Gasteiger partial charge >= 0.3 is 0 Å². The van der Waals surface area contributed by atoms with E-state index in [1.807, 2.05) is 37.4 Å². The molecule has 0 fully saturated rings. The molecule has 5 heteroatoms. The molecule has 0 aliphatic rings. The minimum Gasteiger partial charge on any atom is -0.399 e. The van der Waals surface area contributed by atoms with E-state index in [0.717, 1.165) is 27.9 Å². The zero-order valence-electron chi connectivity index (χ0n) is 9.96. The largest absolute Gasteiger partial charge is 0.399 e. The topological polar surface area (TPSA) is 82.2 Å². The zero-order chi connectivity index (χ0) is 12.7. The molecule has 0 spiro atoms. The van der Waals surface area contributed by atoms with Crippen LogP contribution in [0.3, 0.4) is 0 Å². The van der Waals surface area contributed by atoms with Gasteiger partial charge in [0.15, 0.2) is 5.82 Å². The van der Waals surface area contributed by atoms with E-state index >= 15 is 0 Å². The summed E-state index contributed by atoms with van der Waals surface area (Å²) in [4.78, 5) is 4.05. The Morgan fingerprint density at radius 1 is 1.11 bits per heavy atom. The lowest BCUT2D eigenvalue weighted by molar-refractivity contribution is 0.905. The maximum atomic E-state index is 5.94. The number of hydrogen-bond acceptors (Lipinski definition) is 4. The SMILES string of the molecule is Cc1cn2ncnc(N)c2c1-c1ccc(N)cc1. The third-order valence-electron chi connectivity index (χ3n) is 2.99. The summed E-state index contributed by atoms with van der Waals surface area (Å²) in [5.41, 5.74) is 16.4. The van der Waals surface area contributed by atoms with Gasteiger partial charge in [0.1, 0.15) is 11.8 Å². The molecule has 0 saturated carbocycles. The fraction of sp³-hybridized carbons (Fsp3) is 0.0769. The first-order valence-electron chi connectivity index (χ1n) is 5.61. The molecule has 0 unspecified atom stereocenters. The normalized spacial score (nSPS) is 10.9. The van der Waals surface area contributed by atoms with Crippen LogP contribution in [0.15, 0.2) is 36.8 Å². The number of anilines is 2. The molecule has 18 heavy (non-hydrogen) atoms. The van der Waals surface area contributed by atoms with Gasteiger partial charge in [-0.2, -0.15) is 5.10 Å². The molecule has 0 amide bonds. The molecule has 1 aromatic carbocycles. The molecule has 0 saturated heterocycles. The molecule has 3 rings (SSSR count). The van der Waals surface area contributed by atoms with Gasteiger partial charge in [0.05, 0.1) is 0 Å². The quantitative estimate of drug-likeness (QED) is 0.635. The number of nitrogens with zero attached hydrogens (tertiary/aromatic N) is 3. The maximum absolute atomic E-state index is 5.94. The molecule has 3 aromatic rings. The van der Waals surface area contributed by atoms with Crippen LogP contribution in [-0.2, 0) is 0 Å². The maximum Gasteiger partial charge on any atom is 0.151 e. The average Bonchev–Trinajstić information content (AvgIpc) is 2.68. The predicted molar refractivity (Wildman–Crippen MR) is 72.0 cm³/mol. The average molecular weight is 239 g/mol. The lowest BCUT2D eigenvalue weighted by Gasteiger charge is -2.04. The van der Waals surface area contributed by atoms with Crippen LogP contribution in [0.1, 0.15) is 5.56 Å². The Morgan fingerprint density at radius 2 is 1.83 bits per heavy atom. The minimum absolute atomic E-state index is 0.477. The van der Waals surface area contributed by atoms with Crippen molar-refractivity contribution in [3.8, 4) is 11.1 Å². The second kappa shape index (κ2) is 3.73. The Hall–Kier alpha value is -2.56. The number of nitrogen functional groups attached to an aromatic ring is 2. The summed E-state index contributed by atoms with van der Waals surface area (Å²) >= 11 is 0. The standard InChI is InChI=1S/C13H13N5/c1-8-6-18-12(13(15)16-7-17-18)11(8)9-2-4-10(14)5-3-9/h2-7H,14H2,1H3,(H2,15,16,17). The van der Waals surface area contributed by atoms with E-state index in [1.165, 1.54) is 6.33 Å². The number of aryl methyl sites for hydroxylation is 1. The molecule has 5 nitrogen and oxygen atoms in total. The monoisotopic (exact) mass is 239 g/mol. The van der Waals surface area contributed by atoms with E-state index in [9.17, 15) is 0 Å². The summed E-state index contributed by atoms with van der Waals surface area (Å²) in [6, 6.07) is 7.70. The fourth-order valence-electron chi connectivity index (χ4n) is 2.17. The Balaban J connectivity index is 2.34. The number of nitrogens with two attached hydrogens (primary N) is 2. The van der Waals surface area contributed by atoms with Gasteiger partial charge in [0.25, 0.3) is 0 Å². The summed E-state index contributed by atoms with van der Waals surface area (Å²) in [5, 5.41) is 4.17. The Kier molecular flexibility index (Phi) is 2.19. The first-order valence-corrected chi connectivity index (χ1v) is 5.61. The first kappa shape index (κ1) is 10.6. The Morgan fingerprint density at radius 3 is 2.56 bits per heavy atom. The van der Waals surface area contributed by atoms with Crippen LogP contribution >= 0.6 is 0 Å².